The molecule has 0 unspecified atom stereocenters. The minimum Gasteiger partial charge on any atom is -0.290 e. The molecule has 1 N–H and O–H groups in total. The normalized spacial score (nSPS) is 10.4. The highest BCUT2D eigenvalue weighted by Crippen LogP contribution is 2.18. The molecule has 0 radical (unpaired) electrons. The molecule has 0 fully saturated rings. The Morgan fingerprint density at radius 3 is 3.00 bits per heavy atom. The molecule has 1 aromatic carbocycles. The van der Waals surface area contributed by atoms with Crippen molar-refractivity contribution in [3.63, 3.8) is 0 Å². The highest BCUT2D eigenvalue weighted by atomic mass is 35.5. The van der Waals surface area contributed by atoms with E-state index in [1.807, 2.05) is 0 Å². The lowest BCUT2D eigenvalue weighted by Gasteiger charge is -2.01. The Bertz CT molecular complexity index is 513. The standard InChI is InChI=1S/C10H7ClFN3O/c11-7-3-1-2-6(9(7)12)4-8(16)10-13-5-14-15-10/h1-3,5H,4H2,(H,13,14,15). The molecule has 0 aliphatic heterocycles. The maximum absolute atomic E-state index is 13.5. The summed E-state index contributed by atoms with van der Waals surface area (Å²) in [5.74, 6) is -0.796. The van der Waals surface area contributed by atoms with Crippen molar-refractivity contribution in [3.05, 3.63) is 46.8 Å². The fourth-order valence-electron chi connectivity index (χ4n) is 1.28. The molecule has 0 saturated heterocycles. The first kappa shape index (κ1) is 10.8. The van der Waals surface area contributed by atoms with E-state index in [1.165, 1.54) is 18.5 Å². The van der Waals surface area contributed by atoms with Crippen LogP contribution in [0.2, 0.25) is 5.02 Å². The van der Waals surface area contributed by atoms with Gasteiger partial charge < -0.3 is 0 Å². The van der Waals surface area contributed by atoms with Gasteiger partial charge in [-0.3, -0.25) is 9.89 Å². The van der Waals surface area contributed by atoms with E-state index in [-0.39, 0.29) is 28.6 Å². The molecule has 0 aliphatic rings. The molecular formula is C10H7ClFN3O. The number of Topliss-reactive ketones (excluding diaryl/α,β-unsaturated/α-hetero) is 1. The van der Waals surface area contributed by atoms with Crippen LogP contribution in [0.15, 0.2) is 24.5 Å². The lowest BCUT2D eigenvalue weighted by molar-refractivity contribution is 0.0982. The van der Waals surface area contributed by atoms with E-state index in [0.717, 1.165) is 0 Å². The molecule has 0 amide bonds. The van der Waals surface area contributed by atoms with Crippen LogP contribution in [-0.2, 0) is 6.42 Å². The van der Waals surface area contributed by atoms with Gasteiger partial charge in [0.15, 0.2) is 5.82 Å². The number of nitrogens with one attached hydrogen (secondary N) is 1. The third kappa shape index (κ3) is 2.09. The highest BCUT2D eigenvalue weighted by molar-refractivity contribution is 6.30. The maximum atomic E-state index is 13.5. The highest BCUT2D eigenvalue weighted by Gasteiger charge is 2.14. The van der Waals surface area contributed by atoms with Crippen LogP contribution in [-0.4, -0.2) is 21.0 Å². The fourth-order valence-corrected chi connectivity index (χ4v) is 1.48. The third-order valence-corrected chi connectivity index (χ3v) is 2.35. The van der Waals surface area contributed by atoms with Crippen LogP contribution >= 0.6 is 11.6 Å². The van der Waals surface area contributed by atoms with Crippen LogP contribution in [0.3, 0.4) is 0 Å². The summed E-state index contributed by atoms with van der Waals surface area (Å²) in [6.45, 7) is 0. The number of carbonyl (C=O) groups is 1. The molecule has 2 aromatic rings. The van der Waals surface area contributed by atoms with E-state index >= 15 is 0 Å². The van der Waals surface area contributed by atoms with Crippen molar-refractivity contribution in [2.45, 2.75) is 6.42 Å². The smallest absolute Gasteiger partial charge is 0.204 e. The third-order valence-electron chi connectivity index (χ3n) is 2.06. The second-order valence-electron chi connectivity index (χ2n) is 3.15. The van der Waals surface area contributed by atoms with Gasteiger partial charge in [-0.2, -0.15) is 5.10 Å². The molecule has 16 heavy (non-hydrogen) atoms. The summed E-state index contributed by atoms with van der Waals surface area (Å²) in [6.07, 6.45) is 1.13. The van der Waals surface area contributed by atoms with Crippen molar-refractivity contribution in [2.75, 3.05) is 0 Å². The molecular weight excluding hydrogens is 233 g/mol. The summed E-state index contributed by atoms with van der Waals surface area (Å²) < 4.78 is 13.5. The number of H-pyrrole nitrogens is 1. The molecule has 0 spiro atoms. The first-order chi connectivity index (χ1) is 7.68. The van der Waals surface area contributed by atoms with Crippen molar-refractivity contribution < 1.29 is 9.18 Å². The van der Waals surface area contributed by atoms with Gasteiger partial charge in [-0.25, -0.2) is 9.37 Å². The maximum Gasteiger partial charge on any atom is 0.204 e. The molecule has 1 heterocycles. The molecule has 1 aromatic heterocycles. The number of aromatic nitrogens is 3. The Kier molecular flexibility index (Phi) is 2.96. The summed E-state index contributed by atoms with van der Waals surface area (Å²) in [5.41, 5.74) is 0.244. The molecule has 4 nitrogen and oxygen atoms in total. The minimum absolute atomic E-state index is 0.00266. The summed E-state index contributed by atoms with van der Waals surface area (Å²) in [6, 6.07) is 4.53. The zero-order valence-electron chi connectivity index (χ0n) is 8.08. The number of hydrogen-bond donors (Lipinski definition) is 1. The van der Waals surface area contributed by atoms with E-state index < -0.39 is 5.82 Å². The minimum atomic E-state index is -0.572. The van der Waals surface area contributed by atoms with Crippen LogP contribution in [0, 0.1) is 5.82 Å². The van der Waals surface area contributed by atoms with E-state index in [2.05, 4.69) is 15.2 Å². The van der Waals surface area contributed by atoms with Crippen LogP contribution < -0.4 is 0 Å². The van der Waals surface area contributed by atoms with Crippen molar-refractivity contribution in [2.24, 2.45) is 0 Å². The quantitative estimate of drug-likeness (QED) is 0.834. The topological polar surface area (TPSA) is 58.6 Å². The number of rotatable bonds is 3. The monoisotopic (exact) mass is 239 g/mol. The first-order valence-electron chi connectivity index (χ1n) is 4.50. The number of benzene rings is 1. The lowest BCUT2D eigenvalue weighted by Crippen LogP contribution is -2.07. The molecule has 0 bridgehead atoms. The van der Waals surface area contributed by atoms with Gasteiger partial charge in [0.25, 0.3) is 0 Å². The van der Waals surface area contributed by atoms with Gasteiger partial charge in [0.1, 0.15) is 12.1 Å². The second kappa shape index (κ2) is 4.40. The van der Waals surface area contributed by atoms with Crippen LogP contribution in [0.25, 0.3) is 0 Å². The van der Waals surface area contributed by atoms with Gasteiger partial charge in [0.05, 0.1) is 5.02 Å². The van der Waals surface area contributed by atoms with Gasteiger partial charge in [0, 0.05) is 6.42 Å². The Hall–Kier alpha value is -1.75. The number of ketones is 1. The Morgan fingerprint density at radius 2 is 2.31 bits per heavy atom. The molecule has 0 saturated carbocycles. The SMILES string of the molecule is O=C(Cc1cccc(Cl)c1F)c1ncn[nH]1. The average Bonchev–Trinajstić information content (AvgIpc) is 2.78. The number of carbonyl (C=O) groups excluding carboxylic acids is 1. The van der Waals surface area contributed by atoms with Gasteiger partial charge >= 0.3 is 0 Å². The second-order valence-corrected chi connectivity index (χ2v) is 3.55. The van der Waals surface area contributed by atoms with Crippen LogP contribution in [0.1, 0.15) is 16.2 Å². The Morgan fingerprint density at radius 1 is 1.50 bits per heavy atom. The van der Waals surface area contributed by atoms with E-state index in [1.54, 1.807) is 6.07 Å². The predicted molar refractivity (Wildman–Crippen MR) is 55.8 cm³/mol. The van der Waals surface area contributed by atoms with E-state index in [4.69, 9.17) is 11.6 Å². The van der Waals surface area contributed by atoms with E-state index in [0.29, 0.717) is 0 Å². The fraction of sp³-hybridized carbons (Fsp3) is 0.100. The van der Waals surface area contributed by atoms with Crippen LogP contribution in [0.5, 0.6) is 0 Å². The molecule has 6 heteroatoms. The number of hydrogen-bond acceptors (Lipinski definition) is 3. The Balaban J connectivity index is 2.22. The number of halogens is 2. The van der Waals surface area contributed by atoms with Gasteiger partial charge in [0.2, 0.25) is 5.78 Å². The largest absolute Gasteiger partial charge is 0.290 e. The van der Waals surface area contributed by atoms with Crippen molar-refractivity contribution in [1.29, 1.82) is 0 Å². The molecule has 0 atom stereocenters. The van der Waals surface area contributed by atoms with Crippen molar-refractivity contribution in [1.82, 2.24) is 15.2 Å². The number of aromatic amines is 1. The summed E-state index contributed by atoms with van der Waals surface area (Å²) in [5, 5.41) is 5.98. The summed E-state index contributed by atoms with van der Waals surface area (Å²) in [4.78, 5) is 15.3. The predicted octanol–water partition coefficient (Wildman–Crippen LogP) is 2.02. The summed E-state index contributed by atoms with van der Waals surface area (Å²) in [7, 11) is 0. The van der Waals surface area contributed by atoms with Gasteiger partial charge in [-0.1, -0.05) is 23.7 Å². The van der Waals surface area contributed by atoms with Gasteiger partial charge in [-0.05, 0) is 11.6 Å². The molecule has 82 valence electrons. The average molecular weight is 240 g/mol. The lowest BCUT2D eigenvalue weighted by atomic mass is 10.1. The number of nitrogens with zero attached hydrogens (tertiary/aromatic N) is 2. The van der Waals surface area contributed by atoms with E-state index in [9.17, 15) is 9.18 Å². The Labute approximate surface area is 95.5 Å². The van der Waals surface area contributed by atoms with Crippen molar-refractivity contribution in [3.8, 4) is 0 Å². The van der Waals surface area contributed by atoms with Crippen molar-refractivity contribution >= 4 is 17.4 Å². The zero-order chi connectivity index (χ0) is 11.5. The molecule has 2 rings (SSSR count). The summed E-state index contributed by atoms with van der Waals surface area (Å²) >= 11 is 5.60. The van der Waals surface area contributed by atoms with Crippen LogP contribution in [0.4, 0.5) is 4.39 Å². The van der Waals surface area contributed by atoms with Gasteiger partial charge in [-0.15, -0.1) is 0 Å². The zero-order valence-corrected chi connectivity index (χ0v) is 8.83. The first-order valence-corrected chi connectivity index (χ1v) is 4.87. The molecule has 0 aliphatic carbocycles.